The summed E-state index contributed by atoms with van der Waals surface area (Å²) in [6.45, 7) is 2.01. The van der Waals surface area contributed by atoms with Gasteiger partial charge in [0.1, 0.15) is 11.5 Å². The number of hydrogen-bond donors (Lipinski definition) is 2. The lowest BCUT2D eigenvalue weighted by Crippen LogP contribution is -2.62. The molecule has 0 saturated carbocycles. The first kappa shape index (κ1) is 10.7. The number of nitrogens with one attached hydrogen (secondary N) is 2. The Morgan fingerprint density at radius 2 is 2.35 bits per heavy atom. The minimum atomic E-state index is -0.408. The Kier molecular flexibility index (Phi) is 2.19. The summed E-state index contributed by atoms with van der Waals surface area (Å²) in [6.07, 6.45) is 0.841. The first-order valence-corrected chi connectivity index (χ1v) is 5.96. The van der Waals surface area contributed by atoms with Crippen LogP contribution in [0.2, 0.25) is 0 Å². The van der Waals surface area contributed by atoms with Crippen LogP contribution in [-0.2, 0) is 0 Å². The number of thiocarbonyl (C=S) groups is 1. The molecular weight excluding hydrogens is 236 g/mol. The van der Waals surface area contributed by atoms with Crippen LogP contribution in [0.4, 0.5) is 0 Å². The molecule has 90 valence electrons. The Morgan fingerprint density at radius 1 is 1.53 bits per heavy atom. The zero-order chi connectivity index (χ0) is 12.0. The first-order valence-electron chi connectivity index (χ1n) is 5.55. The van der Waals surface area contributed by atoms with Gasteiger partial charge in [-0.1, -0.05) is 0 Å². The van der Waals surface area contributed by atoms with E-state index in [-0.39, 0.29) is 6.04 Å². The van der Waals surface area contributed by atoms with Crippen molar-refractivity contribution in [2.45, 2.75) is 25.1 Å². The number of methoxy groups -OCH3 is 1. The highest BCUT2D eigenvalue weighted by Gasteiger charge is 2.42. The lowest BCUT2D eigenvalue weighted by molar-refractivity contribution is 0.0249. The molecule has 4 nitrogen and oxygen atoms in total. The molecule has 2 bridgehead atoms. The lowest BCUT2D eigenvalue weighted by Gasteiger charge is -2.45. The van der Waals surface area contributed by atoms with E-state index in [9.17, 15) is 0 Å². The molecule has 1 saturated heterocycles. The second-order valence-corrected chi connectivity index (χ2v) is 5.00. The minimum Gasteiger partial charge on any atom is -0.497 e. The van der Waals surface area contributed by atoms with E-state index in [1.165, 1.54) is 0 Å². The molecule has 0 amide bonds. The van der Waals surface area contributed by atoms with Crippen LogP contribution in [0.25, 0.3) is 0 Å². The van der Waals surface area contributed by atoms with Crippen LogP contribution in [0.3, 0.4) is 0 Å². The van der Waals surface area contributed by atoms with Crippen molar-refractivity contribution in [1.29, 1.82) is 0 Å². The third-order valence-corrected chi connectivity index (χ3v) is 3.42. The standard InChI is InChI=1S/C12H14N2O2S/c1-12-6-9(13-11(17)14-12)8-5-7(15-2)3-4-10(8)16-12/h3-5,9H,6H2,1-2H3,(H2,13,14,17). The fourth-order valence-electron chi connectivity index (χ4n) is 2.44. The average Bonchev–Trinajstić information content (AvgIpc) is 2.27. The molecule has 1 fully saturated rings. The molecule has 0 aliphatic carbocycles. The van der Waals surface area contributed by atoms with E-state index in [0.717, 1.165) is 23.5 Å². The molecule has 0 spiro atoms. The SMILES string of the molecule is COc1ccc2c(c1)C1CC(C)(NC(=S)N1)O2. The summed E-state index contributed by atoms with van der Waals surface area (Å²) in [6, 6.07) is 6.03. The summed E-state index contributed by atoms with van der Waals surface area (Å²) in [5, 5.41) is 7.06. The highest BCUT2D eigenvalue weighted by atomic mass is 32.1. The predicted molar refractivity (Wildman–Crippen MR) is 68.3 cm³/mol. The van der Waals surface area contributed by atoms with Crippen LogP contribution in [0.1, 0.15) is 24.9 Å². The topological polar surface area (TPSA) is 42.5 Å². The van der Waals surface area contributed by atoms with Crippen LogP contribution in [0.15, 0.2) is 18.2 Å². The van der Waals surface area contributed by atoms with E-state index in [0.29, 0.717) is 5.11 Å². The molecule has 0 aromatic heterocycles. The Hall–Kier alpha value is -1.49. The smallest absolute Gasteiger partial charge is 0.181 e. The van der Waals surface area contributed by atoms with E-state index >= 15 is 0 Å². The van der Waals surface area contributed by atoms with Crippen molar-refractivity contribution < 1.29 is 9.47 Å². The molecule has 2 atom stereocenters. The zero-order valence-electron chi connectivity index (χ0n) is 9.74. The van der Waals surface area contributed by atoms with Gasteiger partial charge in [0, 0.05) is 12.0 Å². The fraction of sp³-hybridized carbons (Fsp3) is 0.417. The third kappa shape index (κ3) is 1.70. The number of ether oxygens (including phenoxy) is 2. The van der Waals surface area contributed by atoms with Gasteiger partial charge in [0.25, 0.3) is 0 Å². The Morgan fingerprint density at radius 3 is 3.12 bits per heavy atom. The fourth-order valence-corrected chi connectivity index (χ4v) is 2.80. The maximum Gasteiger partial charge on any atom is 0.181 e. The van der Waals surface area contributed by atoms with Gasteiger partial charge in [-0.15, -0.1) is 0 Å². The minimum absolute atomic E-state index is 0.188. The highest BCUT2D eigenvalue weighted by molar-refractivity contribution is 7.80. The number of hydrogen-bond acceptors (Lipinski definition) is 3. The van der Waals surface area contributed by atoms with Crippen LogP contribution < -0.4 is 20.1 Å². The summed E-state index contributed by atoms with van der Waals surface area (Å²) in [5.41, 5.74) is 0.694. The van der Waals surface area contributed by atoms with Gasteiger partial charge in [0.2, 0.25) is 0 Å². The Bertz CT molecular complexity index is 491. The molecule has 5 heteroatoms. The summed E-state index contributed by atoms with van der Waals surface area (Å²) >= 11 is 5.19. The zero-order valence-corrected chi connectivity index (χ0v) is 10.6. The van der Waals surface area contributed by atoms with Crippen LogP contribution in [0.5, 0.6) is 11.5 Å². The van der Waals surface area contributed by atoms with Gasteiger partial charge in [0.15, 0.2) is 10.8 Å². The predicted octanol–water partition coefficient (Wildman–Crippen LogP) is 1.71. The maximum absolute atomic E-state index is 5.97. The van der Waals surface area contributed by atoms with E-state index in [1.54, 1.807) is 7.11 Å². The van der Waals surface area contributed by atoms with Crippen molar-refractivity contribution in [3.05, 3.63) is 23.8 Å². The maximum atomic E-state index is 5.97. The number of fused-ring (bicyclic) bond motifs is 4. The first-order chi connectivity index (χ1) is 8.09. The van der Waals surface area contributed by atoms with Gasteiger partial charge >= 0.3 is 0 Å². The molecule has 2 heterocycles. The van der Waals surface area contributed by atoms with E-state index in [2.05, 4.69) is 10.6 Å². The van der Waals surface area contributed by atoms with Crippen molar-refractivity contribution in [1.82, 2.24) is 10.6 Å². The van der Waals surface area contributed by atoms with Crippen LogP contribution in [0, 0.1) is 0 Å². The summed E-state index contributed by atoms with van der Waals surface area (Å²) in [5.74, 6) is 1.72. The average molecular weight is 250 g/mol. The molecule has 17 heavy (non-hydrogen) atoms. The highest BCUT2D eigenvalue weighted by Crippen LogP contribution is 2.41. The number of benzene rings is 1. The largest absolute Gasteiger partial charge is 0.497 e. The van der Waals surface area contributed by atoms with E-state index in [1.807, 2.05) is 25.1 Å². The molecule has 1 aromatic rings. The summed E-state index contributed by atoms with van der Waals surface area (Å²) in [4.78, 5) is 0. The van der Waals surface area contributed by atoms with Gasteiger partial charge in [-0.3, -0.25) is 0 Å². The quantitative estimate of drug-likeness (QED) is 0.743. The third-order valence-electron chi connectivity index (χ3n) is 3.20. The van der Waals surface area contributed by atoms with Crippen LogP contribution >= 0.6 is 12.2 Å². The van der Waals surface area contributed by atoms with Crippen molar-refractivity contribution in [2.75, 3.05) is 7.11 Å². The summed E-state index contributed by atoms with van der Waals surface area (Å²) in [7, 11) is 1.66. The molecule has 3 rings (SSSR count). The molecule has 2 N–H and O–H groups in total. The molecule has 2 unspecified atom stereocenters. The van der Waals surface area contributed by atoms with Crippen molar-refractivity contribution in [3.8, 4) is 11.5 Å². The summed E-state index contributed by atoms with van der Waals surface area (Å²) < 4.78 is 11.2. The van der Waals surface area contributed by atoms with Crippen molar-refractivity contribution >= 4 is 17.3 Å². The van der Waals surface area contributed by atoms with Gasteiger partial charge in [-0.2, -0.15) is 0 Å². The molecule has 0 radical (unpaired) electrons. The molecular formula is C12H14N2O2S. The monoisotopic (exact) mass is 250 g/mol. The van der Waals surface area contributed by atoms with Gasteiger partial charge < -0.3 is 20.1 Å². The van der Waals surface area contributed by atoms with Crippen molar-refractivity contribution in [3.63, 3.8) is 0 Å². The van der Waals surface area contributed by atoms with Crippen molar-refractivity contribution in [2.24, 2.45) is 0 Å². The van der Waals surface area contributed by atoms with Gasteiger partial charge in [0.05, 0.1) is 13.2 Å². The lowest BCUT2D eigenvalue weighted by atomic mass is 9.92. The van der Waals surface area contributed by atoms with E-state index < -0.39 is 5.72 Å². The second kappa shape index (κ2) is 3.50. The van der Waals surface area contributed by atoms with Gasteiger partial charge in [-0.25, -0.2) is 0 Å². The second-order valence-electron chi connectivity index (χ2n) is 4.59. The molecule has 1 aromatic carbocycles. The molecule has 2 aliphatic heterocycles. The van der Waals surface area contributed by atoms with E-state index in [4.69, 9.17) is 21.7 Å². The Balaban J connectivity index is 2.07. The van der Waals surface area contributed by atoms with Crippen LogP contribution in [-0.4, -0.2) is 17.9 Å². The molecule has 2 aliphatic rings. The number of rotatable bonds is 1. The normalized spacial score (nSPS) is 29.5. The van der Waals surface area contributed by atoms with Gasteiger partial charge in [-0.05, 0) is 37.3 Å². The Labute approximate surface area is 105 Å².